The number of pyridine rings is 1. The first kappa shape index (κ1) is 23.0. The summed E-state index contributed by atoms with van der Waals surface area (Å²) in [6.07, 6.45) is 10.2. The van der Waals surface area contributed by atoms with Gasteiger partial charge in [-0.25, -0.2) is 4.98 Å². The number of hydrogen-bond acceptors (Lipinski definition) is 1. The Balaban J connectivity index is 1.83. The molecular formula is C33H34N2Si. The Hall–Kier alpha value is -3.43. The summed E-state index contributed by atoms with van der Waals surface area (Å²) in [6.45, 7) is 11.6. The van der Waals surface area contributed by atoms with Crippen molar-refractivity contribution < 1.29 is 0 Å². The van der Waals surface area contributed by atoms with Crippen molar-refractivity contribution in [1.29, 1.82) is 0 Å². The zero-order valence-corrected chi connectivity index (χ0v) is 23.0. The molecule has 0 saturated heterocycles. The second kappa shape index (κ2) is 8.31. The lowest BCUT2D eigenvalue weighted by molar-refractivity contribution is 0.680. The molecule has 1 unspecified atom stereocenters. The zero-order chi connectivity index (χ0) is 25.1. The Kier molecular flexibility index (Phi) is 5.31. The van der Waals surface area contributed by atoms with Gasteiger partial charge in [-0.15, -0.1) is 0 Å². The van der Waals surface area contributed by atoms with Gasteiger partial charge in [0, 0.05) is 21.5 Å². The molecule has 0 bridgehead atoms. The third kappa shape index (κ3) is 2.93. The molecule has 0 saturated carbocycles. The standard InChI is InChI=1S/C33H34N2Si/c1-6-7-8-9-15-22-36(25-16-11-10-12-17-25)28-21-20-23(2)29-26-18-13-14-19-27(26)32-34-24(3)31(33(36,4)5)35(32)30(28)29/h7-21H,6,22H2,1-5H3/b8-7-,15-9-. The smallest absolute Gasteiger partial charge is 0.145 e. The summed E-state index contributed by atoms with van der Waals surface area (Å²) in [5.41, 5.74) is 6.36. The van der Waals surface area contributed by atoms with Crippen molar-refractivity contribution in [1.82, 2.24) is 9.38 Å². The molecule has 180 valence electrons. The quantitative estimate of drug-likeness (QED) is 0.146. The van der Waals surface area contributed by atoms with Crippen LogP contribution < -0.4 is 10.4 Å². The van der Waals surface area contributed by atoms with Gasteiger partial charge in [-0.05, 0) is 42.4 Å². The van der Waals surface area contributed by atoms with E-state index in [2.05, 4.69) is 130 Å². The fourth-order valence-corrected chi connectivity index (χ4v) is 12.6. The van der Waals surface area contributed by atoms with Crippen LogP contribution in [0.4, 0.5) is 0 Å². The van der Waals surface area contributed by atoms with Gasteiger partial charge in [-0.3, -0.25) is 4.40 Å². The molecule has 3 aromatic carbocycles. The lowest BCUT2D eigenvalue weighted by Gasteiger charge is -2.49. The molecule has 1 aliphatic rings. The molecular weight excluding hydrogens is 452 g/mol. The molecule has 3 heterocycles. The molecule has 3 heteroatoms. The van der Waals surface area contributed by atoms with Gasteiger partial charge in [0.05, 0.1) is 11.2 Å². The summed E-state index contributed by atoms with van der Waals surface area (Å²) >= 11 is 0. The molecule has 0 aliphatic carbocycles. The van der Waals surface area contributed by atoms with Crippen LogP contribution in [-0.4, -0.2) is 17.5 Å². The number of rotatable bonds is 5. The molecule has 0 radical (unpaired) electrons. The molecule has 0 spiro atoms. The highest BCUT2D eigenvalue weighted by Crippen LogP contribution is 2.45. The second-order valence-corrected chi connectivity index (χ2v) is 15.4. The summed E-state index contributed by atoms with van der Waals surface area (Å²) < 4.78 is 2.53. The number of imidazole rings is 1. The van der Waals surface area contributed by atoms with E-state index in [9.17, 15) is 0 Å². The maximum atomic E-state index is 5.26. The average molecular weight is 487 g/mol. The van der Waals surface area contributed by atoms with Crippen LogP contribution >= 0.6 is 0 Å². The van der Waals surface area contributed by atoms with Crippen molar-refractivity contribution in [2.45, 2.75) is 52.1 Å². The van der Waals surface area contributed by atoms with Crippen molar-refractivity contribution in [3.05, 3.63) is 108 Å². The number of hydrogen-bond donors (Lipinski definition) is 0. The van der Waals surface area contributed by atoms with Gasteiger partial charge in [0.1, 0.15) is 13.7 Å². The van der Waals surface area contributed by atoms with Gasteiger partial charge in [-0.2, -0.15) is 0 Å². The lowest BCUT2D eigenvalue weighted by Crippen LogP contribution is -2.71. The van der Waals surface area contributed by atoms with Crippen LogP contribution in [0, 0.1) is 13.8 Å². The summed E-state index contributed by atoms with van der Waals surface area (Å²) in [6, 6.07) is 26.1. The highest BCUT2D eigenvalue weighted by molar-refractivity contribution is 7.05. The number of benzene rings is 3. The van der Waals surface area contributed by atoms with Crippen molar-refractivity contribution in [2.75, 3.05) is 0 Å². The summed E-state index contributed by atoms with van der Waals surface area (Å²) in [7, 11) is -2.36. The van der Waals surface area contributed by atoms with Crippen LogP contribution in [0.25, 0.3) is 27.3 Å². The fourth-order valence-electron chi connectivity index (χ4n) is 6.96. The zero-order valence-electron chi connectivity index (χ0n) is 22.0. The van der Waals surface area contributed by atoms with Gasteiger partial charge in [0.15, 0.2) is 0 Å². The number of nitrogens with zero attached hydrogens (tertiary/aromatic N) is 2. The van der Waals surface area contributed by atoms with Crippen LogP contribution in [0.2, 0.25) is 6.04 Å². The Labute approximate surface area is 215 Å². The van der Waals surface area contributed by atoms with Crippen LogP contribution in [-0.2, 0) is 5.04 Å². The van der Waals surface area contributed by atoms with E-state index in [1.807, 2.05) is 0 Å². The van der Waals surface area contributed by atoms with Crippen LogP contribution in [0.1, 0.15) is 44.1 Å². The van der Waals surface area contributed by atoms with E-state index in [0.717, 1.165) is 23.8 Å². The first-order valence-corrected chi connectivity index (χ1v) is 15.4. The van der Waals surface area contributed by atoms with Crippen LogP contribution in [0.5, 0.6) is 0 Å². The molecule has 1 atom stereocenters. The van der Waals surface area contributed by atoms with E-state index in [1.165, 1.54) is 43.3 Å². The van der Waals surface area contributed by atoms with Gasteiger partial charge in [-0.1, -0.05) is 117 Å². The van der Waals surface area contributed by atoms with E-state index in [0.29, 0.717) is 0 Å². The normalized spacial score (nSPS) is 19.0. The van der Waals surface area contributed by atoms with Gasteiger partial charge < -0.3 is 0 Å². The lowest BCUT2D eigenvalue weighted by atomic mass is 10.0. The fraction of sp³-hybridized carbons (Fsp3) is 0.242. The highest BCUT2D eigenvalue weighted by Gasteiger charge is 2.55. The van der Waals surface area contributed by atoms with Crippen LogP contribution in [0.15, 0.2) is 91.0 Å². The number of aromatic nitrogens is 2. The van der Waals surface area contributed by atoms with Gasteiger partial charge in [0.2, 0.25) is 0 Å². The maximum absolute atomic E-state index is 5.26. The molecule has 1 aliphatic heterocycles. The summed E-state index contributed by atoms with van der Waals surface area (Å²) in [4.78, 5) is 5.26. The molecule has 2 nitrogen and oxygen atoms in total. The van der Waals surface area contributed by atoms with Crippen LogP contribution in [0.3, 0.4) is 0 Å². The van der Waals surface area contributed by atoms with Gasteiger partial charge >= 0.3 is 0 Å². The van der Waals surface area contributed by atoms with Crippen molar-refractivity contribution >= 4 is 45.8 Å². The second-order valence-electron chi connectivity index (χ2n) is 10.8. The van der Waals surface area contributed by atoms with E-state index < -0.39 is 8.07 Å². The summed E-state index contributed by atoms with van der Waals surface area (Å²) in [5.74, 6) is 0. The van der Waals surface area contributed by atoms with E-state index in [-0.39, 0.29) is 5.04 Å². The third-order valence-electron chi connectivity index (χ3n) is 8.53. The molecule has 0 amide bonds. The van der Waals surface area contributed by atoms with Gasteiger partial charge in [0.25, 0.3) is 0 Å². The Morgan fingerprint density at radius 3 is 2.31 bits per heavy atom. The number of aryl methyl sites for hydroxylation is 2. The maximum Gasteiger partial charge on any atom is 0.145 e. The topological polar surface area (TPSA) is 17.3 Å². The third-order valence-corrected chi connectivity index (χ3v) is 14.4. The molecule has 0 N–H and O–H groups in total. The summed E-state index contributed by atoms with van der Waals surface area (Å²) in [5, 5.41) is 6.91. The molecule has 5 aromatic rings. The van der Waals surface area contributed by atoms with E-state index >= 15 is 0 Å². The predicted octanol–water partition coefficient (Wildman–Crippen LogP) is 7.17. The number of fused-ring (bicyclic) bond motifs is 3. The predicted molar refractivity (Wildman–Crippen MR) is 158 cm³/mol. The molecule has 6 rings (SSSR count). The molecule has 0 fully saturated rings. The van der Waals surface area contributed by atoms with E-state index in [4.69, 9.17) is 4.98 Å². The largest absolute Gasteiger partial charge is 0.296 e. The minimum absolute atomic E-state index is 0.0612. The molecule has 2 aromatic heterocycles. The SMILES string of the molecule is CC/C=C\C=C/C[Si]1(c2ccccc2)c2ccc(C)c3c4ccccc4c4nc(C)c(n4c23)C1(C)C. The average Bonchev–Trinajstić information content (AvgIpc) is 3.25. The Morgan fingerprint density at radius 2 is 1.56 bits per heavy atom. The monoisotopic (exact) mass is 486 g/mol. The minimum Gasteiger partial charge on any atom is -0.296 e. The number of allylic oxidation sites excluding steroid dienone is 4. The van der Waals surface area contributed by atoms with Crippen molar-refractivity contribution in [3.63, 3.8) is 0 Å². The molecule has 36 heavy (non-hydrogen) atoms. The first-order valence-electron chi connectivity index (χ1n) is 13.1. The first-order chi connectivity index (χ1) is 17.4. The van der Waals surface area contributed by atoms with Crippen molar-refractivity contribution in [2.24, 2.45) is 0 Å². The minimum atomic E-state index is -2.36. The van der Waals surface area contributed by atoms with Crippen molar-refractivity contribution in [3.8, 4) is 0 Å². The Morgan fingerprint density at radius 1 is 0.861 bits per heavy atom. The highest BCUT2D eigenvalue weighted by atomic mass is 28.3. The van der Waals surface area contributed by atoms with E-state index in [1.54, 1.807) is 0 Å². The Bertz CT molecular complexity index is 1690.